The van der Waals surface area contributed by atoms with Crippen molar-refractivity contribution in [1.29, 1.82) is 0 Å². The molecule has 3 nitrogen and oxygen atoms in total. The minimum absolute atomic E-state index is 0.248. The molecule has 0 aromatic heterocycles. The van der Waals surface area contributed by atoms with Gasteiger partial charge in [0, 0.05) is 17.7 Å². The summed E-state index contributed by atoms with van der Waals surface area (Å²) in [6.45, 7) is 0.717. The van der Waals surface area contributed by atoms with E-state index in [0.717, 1.165) is 35.6 Å². The molecule has 2 aromatic rings. The van der Waals surface area contributed by atoms with E-state index in [-0.39, 0.29) is 5.82 Å². The first-order valence-electron chi connectivity index (χ1n) is 6.78. The van der Waals surface area contributed by atoms with Crippen LogP contribution in [0.4, 0.5) is 4.39 Å². The summed E-state index contributed by atoms with van der Waals surface area (Å²) in [6, 6.07) is 10.3. The van der Waals surface area contributed by atoms with Crippen molar-refractivity contribution >= 4 is 5.71 Å². The van der Waals surface area contributed by atoms with Gasteiger partial charge >= 0.3 is 0 Å². The molecule has 0 unspecified atom stereocenters. The second-order valence-corrected chi connectivity index (χ2v) is 4.85. The fourth-order valence-electron chi connectivity index (χ4n) is 2.58. The highest BCUT2D eigenvalue weighted by Gasteiger charge is 2.19. The summed E-state index contributed by atoms with van der Waals surface area (Å²) in [5.74, 6) is 1.15. The van der Waals surface area contributed by atoms with Gasteiger partial charge in [-0.25, -0.2) is 4.39 Å². The number of hydrogen-bond acceptors (Lipinski definition) is 3. The zero-order chi connectivity index (χ0) is 14.8. The van der Waals surface area contributed by atoms with E-state index in [0.29, 0.717) is 5.75 Å². The second-order valence-electron chi connectivity index (χ2n) is 4.85. The first-order valence-corrected chi connectivity index (χ1v) is 6.78. The van der Waals surface area contributed by atoms with Crippen LogP contribution in [0.15, 0.2) is 41.4 Å². The molecule has 0 spiro atoms. The quantitative estimate of drug-likeness (QED) is 0.867. The van der Waals surface area contributed by atoms with E-state index in [4.69, 9.17) is 9.47 Å². The molecule has 0 aliphatic carbocycles. The van der Waals surface area contributed by atoms with Gasteiger partial charge in [0.25, 0.3) is 0 Å². The van der Waals surface area contributed by atoms with Gasteiger partial charge in [0.05, 0.1) is 19.9 Å². The molecular formula is C17H16FNO2. The lowest BCUT2D eigenvalue weighted by molar-refractivity contribution is 0.354. The van der Waals surface area contributed by atoms with Crippen LogP contribution < -0.4 is 9.47 Å². The first kappa shape index (κ1) is 13.6. The monoisotopic (exact) mass is 285 g/mol. The number of halogens is 1. The fourth-order valence-corrected chi connectivity index (χ4v) is 2.58. The van der Waals surface area contributed by atoms with Crippen LogP contribution in [0.1, 0.15) is 16.7 Å². The average molecular weight is 285 g/mol. The number of fused-ring (bicyclic) bond motifs is 1. The first-order chi connectivity index (χ1) is 10.2. The van der Waals surface area contributed by atoms with Gasteiger partial charge in [-0.05, 0) is 48.4 Å². The van der Waals surface area contributed by atoms with Crippen molar-refractivity contribution in [3.05, 3.63) is 58.9 Å². The standard InChI is InChI=1S/C17H16FNO2/c1-20-15-9-12-7-8-19-17(14(12)10-16(15)21-2)11-3-5-13(18)6-4-11/h3-6,9-10H,7-8H2,1-2H3. The minimum Gasteiger partial charge on any atom is -0.493 e. The Labute approximate surface area is 123 Å². The van der Waals surface area contributed by atoms with Crippen molar-refractivity contribution in [2.45, 2.75) is 6.42 Å². The van der Waals surface area contributed by atoms with Gasteiger partial charge in [0.15, 0.2) is 11.5 Å². The number of nitrogens with zero attached hydrogens (tertiary/aromatic N) is 1. The second kappa shape index (κ2) is 5.56. The molecule has 1 heterocycles. The normalized spacial score (nSPS) is 13.4. The van der Waals surface area contributed by atoms with E-state index < -0.39 is 0 Å². The van der Waals surface area contributed by atoms with E-state index in [9.17, 15) is 4.39 Å². The van der Waals surface area contributed by atoms with Crippen LogP contribution in [0.5, 0.6) is 11.5 Å². The number of hydrogen-bond donors (Lipinski definition) is 0. The Hall–Kier alpha value is -2.36. The average Bonchev–Trinajstić information content (AvgIpc) is 2.53. The van der Waals surface area contributed by atoms with Gasteiger partial charge < -0.3 is 9.47 Å². The van der Waals surface area contributed by atoms with Crippen molar-refractivity contribution in [3.63, 3.8) is 0 Å². The van der Waals surface area contributed by atoms with E-state index in [2.05, 4.69) is 4.99 Å². The SMILES string of the molecule is COc1cc2c(cc1OC)C(c1ccc(F)cc1)=NCC2. The molecule has 0 bridgehead atoms. The highest BCUT2D eigenvalue weighted by molar-refractivity contribution is 6.14. The van der Waals surface area contributed by atoms with E-state index in [1.165, 1.54) is 17.7 Å². The molecule has 0 N–H and O–H groups in total. The molecule has 2 aromatic carbocycles. The number of rotatable bonds is 3. The lowest BCUT2D eigenvalue weighted by Crippen LogP contribution is -2.14. The van der Waals surface area contributed by atoms with Crippen molar-refractivity contribution < 1.29 is 13.9 Å². The molecule has 0 fully saturated rings. The van der Waals surface area contributed by atoms with Crippen LogP contribution in [-0.4, -0.2) is 26.5 Å². The Morgan fingerprint density at radius 2 is 1.67 bits per heavy atom. The van der Waals surface area contributed by atoms with E-state index in [1.807, 2.05) is 12.1 Å². The third-order valence-electron chi connectivity index (χ3n) is 3.63. The van der Waals surface area contributed by atoms with E-state index in [1.54, 1.807) is 26.4 Å². The van der Waals surface area contributed by atoms with Gasteiger partial charge in [-0.15, -0.1) is 0 Å². The maximum Gasteiger partial charge on any atom is 0.161 e. The Bertz CT molecular complexity index is 693. The lowest BCUT2D eigenvalue weighted by atomic mass is 9.93. The van der Waals surface area contributed by atoms with Crippen LogP contribution in [0.3, 0.4) is 0 Å². The Morgan fingerprint density at radius 1 is 1.00 bits per heavy atom. The Morgan fingerprint density at radius 3 is 2.33 bits per heavy atom. The molecule has 21 heavy (non-hydrogen) atoms. The van der Waals surface area contributed by atoms with Gasteiger partial charge in [0.2, 0.25) is 0 Å². The van der Waals surface area contributed by atoms with Crippen LogP contribution in [0.2, 0.25) is 0 Å². The largest absolute Gasteiger partial charge is 0.493 e. The highest BCUT2D eigenvalue weighted by atomic mass is 19.1. The predicted octanol–water partition coefficient (Wildman–Crippen LogP) is 3.24. The van der Waals surface area contributed by atoms with Gasteiger partial charge in [-0.1, -0.05) is 0 Å². The molecule has 1 aliphatic heterocycles. The van der Waals surface area contributed by atoms with E-state index >= 15 is 0 Å². The van der Waals surface area contributed by atoms with Gasteiger partial charge in [-0.2, -0.15) is 0 Å². The summed E-state index contributed by atoms with van der Waals surface area (Å²) in [4.78, 5) is 4.60. The summed E-state index contributed by atoms with van der Waals surface area (Å²) in [5.41, 5.74) is 3.97. The third kappa shape index (κ3) is 2.49. The molecule has 108 valence electrons. The molecule has 0 radical (unpaired) electrons. The van der Waals surface area contributed by atoms with Gasteiger partial charge in [-0.3, -0.25) is 4.99 Å². The number of ether oxygens (including phenoxy) is 2. The zero-order valence-electron chi connectivity index (χ0n) is 12.0. The van der Waals surface area contributed by atoms with Crippen molar-refractivity contribution in [2.75, 3.05) is 20.8 Å². The maximum atomic E-state index is 13.1. The minimum atomic E-state index is -0.248. The topological polar surface area (TPSA) is 30.8 Å². The summed E-state index contributed by atoms with van der Waals surface area (Å²) in [6.07, 6.45) is 0.861. The molecule has 0 saturated heterocycles. The Balaban J connectivity index is 2.11. The highest BCUT2D eigenvalue weighted by Crippen LogP contribution is 2.33. The molecule has 1 aliphatic rings. The van der Waals surface area contributed by atoms with Crippen molar-refractivity contribution in [1.82, 2.24) is 0 Å². The third-order valence-corrected chi connectivity index (χ3v) is 3.63. The maximum absolute atomic E-state index is 13.1. The van der Waals surface area contributed by atoms with Crippen LogP contribution in [-0.2, 0) is 6.42 Å². The number of aliphatic imine (C=N–C) groups is 1. The number of methoxy groups -OCH3 is 2. The molecule has 0 amide bonds. The predicted molar refractivity (Wildman–Crippen MR) is 80.2 cm³/mol. The fraction of sp³-hybridized carbons (Fsp3) is 0.235. The molecule has 4 heteroatoms. The summed E-state index contributed by atoms with van der Waals surface area (Å²) in [7, 11) is 3.24. The van der Waals surface area contributed by atoms with Crippen molar-refractivity contribution in [2.24, 2.45) is 4.99 Å². The molecule has 0 saturated carbocycles. The summed E-state index contributed by atoms with van der Waals surface area (Å²) in [5, 5.41) is 0. The lowest BCUT2D eigenvalue weighted by Gasteiger charge is -2.20. The molecule has 3 rings (SSSR count). The zero-order valence-corrected chi connectivity index (χ0v) is 12.0. The molecular weight excluding hydrogens is 269 g/mol. The molecule has 0 atom stereocenters. The smallest absolute Gasteiger partial charge is 0.161 e. The van der Waals surface area contributed by atoms with Crippen LogP contribution in [0.25, 0.3) is 0 Å². The van der Waals surface area contributed by atoms with Gasteiger partial charge in [0.1, 0.15) is 5.82 Å². The van der Waals surface area contributed by atoms with Crippen molar-refractivity contribution in [3.8, 4) is 11.5 Å². The Kier molecular flexibility index (Phi) is 3.60. The number of benzene rings is 2. The summed E-state index contributed by atoms with van der Waals surface area (Å²) < 4.78 is 23.8. The summed E-state index contributed by atoms with van der Waals surface area (Å²) >= 11 is 0. The van der Waals surface area contributed by atoms with Crippen LogP contribution >= 0.6 is 0 Å². The van der Waals surface area contributed by atoms with Crippen LogP contribution in [0, 0.1) is 5.82 Å².